The average molecular weight is 316 g/mol. The minimum atomic E-state index is 0.660. The smallest absolute Gasteiger partial charge is 0.245 e. The van der Waals surface area contributed by atoms with Crippen molar-refractivity contribution in [3.05, 3.63) is 23.8 Å². The predicted octanol–water partition coefficient (Wildman–Crippen LogP) is 3.00. The first kappa shape index (κ1) is 15.9. The summed E-state index contributed by atoms with van der Waals surface area (Å²) in [6.45, 7) is 6.59. The molecular formula is C17H24N4O2. The molecule has 0 saturated carbocycles. The summed E-state index contributed by atoms with van der Waals surface area (Å²) >= 11 is 0. The van der Waals surface area contributed by atoms with E-state index in [0.717, 1.165) is 67.7 Å². The number of ether oxygens (including phenoxy) is 1. The van der Waals surface area contributed by atoms with Crippen LogP contribution < -0.4 is 4.90 Å². The molecule has 0 aliphatic carbocycles. The van der Waals surface area contributed by atoms with Gasteiger partial charge in [-0.25, -0.2) is 4.98 Å². The van der Waals surface area contributed by atoms with Gasteiger partial charge in [0.1, 0.15) is 11.5 Å². The number of aryl methyl sites for hydroxylation is 2. The van der Waals surface area contributed by atoms with Crippen LogP contribution in [0.25, 0.3) is 11.3 Å². The molecular weight excluding hydrogens is 292 g/mol. The van der Waals surface area contributed by atoms with E-state index in [-0.39, 0.29) is 0 Å². The Kier molecular flexibility index (Phi) is 4.91. The highest BCUT2D eigenvalue weighted by molar-refractivity contribution is 5.61. The lowest BCUT2D eigenvalue weighted by atomic mass is 9.96. The third kappa shape index (κ3) is 3.88. The van der Waals surface area contributed by atoms with Crippen LogP contribution in [-0.4, -0.2) is 42.0 Å². The van der Waals surface area contributed by atoms with Crippen molar-refractivity contribution >= 4 is 5.95 Å². The third-order valence-corrected chi connectivity index (χ3v) is 4.42. The first-order chi connectivity index (χ1) is 11.1. The maximum absolute atomic E-state index is 5.58. The van der Waals surface area contributed by atoms with Crippen molar-refractivity contribution in [3.63, 3.8) is 0 Å². The SMILES string of the molecule is Cc1cc(-c2cnnc(N(C)CCC3CCOCC3)n2)c(C)o1. The van der Waals surface area contributed by atoms with E-state index >= 15 is 0 Å². The molecule has 23 heavy (non-hydrogen) atoms. The second kappa shape index (κ2) is 7.08. The molecule has 2 aromatic heterocycles. The summed E-state index contributed by atoms with van der Waals surface area (Å²) in [5.74, 6) is 3.14. The van der Waals surface area contributed by atoms with Crippen LogP contribution in [0, 0.1) is 19.8 Å². The number of aromatic nitrogens is 3. The molecule has 6 nitrogen and oxygen atoms in total. The van der Waals surface area contributed by atoms with E-state index in [1.165, 1.54) is 0 Å². The van der Waals surface area contributed by atoms with Crippen LogP contribution >= 0.6 is 0 Å². The number of anilines is 1. The molecule has 0 bridgehead atoms. The van der Waals surface area contributed by atoms with Crippen LogP contribution in [0.1, 0.15) is 30.8 Å². The molecule has 1 fully saturated rings. The standard InChI is InChI=1S/C17H24N4O2/c1-12-10-15(13(2)23-12)16-11-18-20-17(19-16)21(3)7-4-14-5-8-22-9-6-14/h10-11,14H,4-9H2,1-3H3. The van der Waals surface area contributed by atoms with Crippen molar-refractivity contribution in [2.75, 3.05) is 31.7 Å². The van der Waals surface area contributed by atoms with Crippen molar-refractivity contribution in [3.8, 4) is 11.3 Å². The van der Waals surface area contributed by atoms with E-state index < -0.39 is 0 Å². The molecule has 0 aromatic carbocycles. The Morgan fingerprint density at radius 2 is 2.04 bits per heavy atom. The van der Waals surface area contributed by atoms with Crippen LogP contribution in [-0.2, 0) is 4.74 Å². The Bertz CT molecular complexity index is 650. The van der Waals surface area contributed by atoms with Gasteiger partial charge in [0.25, 0.3) is 0 Å². The summed E-state index contributed by atoms with van der Waals surface area (Å²) in [6, 6.07) is 1.99. The number of hydrogen-bond donors (Lipinski definition) is 0. The predicted molar refractivity (Wildman–Crippen MR) is 88.4 cm³/mol. The van der Waals surface area contributed by atoms with E-state index in [4.69, 9.17) is 9.15 Å². The van der Waals surface area contributed by atoms with Gasteiger partial charge in [0.05, 0.1) is 11.9 Å². The first-order valence-electron chi connectivity index (χ1n) is 8.19. The van der Waals surface area contributed by atoms with Crippen LogP contribution in [0.4, 0.5) is 5.95 Å². The van der Waals surface area contributed by atoms with Crippen LogP contribution in [0.5, 0.6) is 0 Å². The fourth-order valence-electron chi connectivity index (χ4n) is 2.98. The summed E-state index contributed by atoms with van der Waals surface area (Å²) in [5.41, 5.74) is 1.79. The highest BCUT2D eigenvalue weighted by atomic mass is 16.5. The molecule has 0 N–H and O–H groups in total. The van der Waals surface area contributed by atoms with Crippen LogP contribution in [0.3, 0.4) is 0 Å². The fourth-order valence-corrected chi connectivity index (χ4v) is 2.98. The van der Waals surface area contributed by atoms with Gasteiger partial charge < -0.3 is 14.1 Å². The summed E-state index contributed by atoms with van der Waals surface area (Å²) in [6.07, 6.45) is 5.13. The van der Waals surface area contributed by atoms with E-state index in [1.54, 1.807) is 6.20 Å². The minimum absolute atomic E-state index is 0.660. The van der Waals surface area contributed by atoms with E-state index in [0.29, 0.717) is 5.95 Å². The topological polar surface area (TPSA) is 64.3 Å². The Morgan fingerprint density at radius 1 is 1.26 bits per heavy atom. The molecule has 6 heteroatoms. The van der Waals surface area contributed by atoms with E-state index in [9.17, 15) is 0 Å². The van der Waals surface area contributed by atoms with E-state index in [1.807, 2.05) is 27.0 Å². The Morgan fingerprint density at radius 3 is 2.74 bits per heavy atom. The zero-order valence-electron chi connectivity index (χ0n) is 14.1. The van der Waals surface area contributed by atoms with Crippen LogP contribution in [0.2, 0.25) is 0 Å². The molecule has 1 aliphatic rings. The largest absolute Gasteiger partial charge is 0.466 e. The zero-order valence-corrected chi connectivity index (χ0v) is 14.1. The van der Waals surface area contributed by atoms with Gasteiger partial charge in [-0.05, 0) is 45.1 Å². The van der Waals surface area contributed by atoms with Crippen molar-refractivity contribution in [1.29, 1.82) is 0 Å². The summed E-state index contributed by atoms with van der Waals surface area (Å²) < 4.78 is 11.0. The maximum Gasteiger partial charge on any atom is 0.245 e. The van der Waals surface area contributed by atoms with Crippen molar-refractivity contribution in [2.24, 2.45) is 5.92 Å². The van der Waals surface area contributed by atoms with Gasteiger partial charge in [-0.15, -0.1) is 5.10 Å². The second-order valence-electron chi connectivity index (χ2n) is 6.23. The first-order valence-corrected chi connectivity index (χ1v) is 8.19. The molecule has 124 valence electrons. The second-order valence-corrected chi connectivity index (χ2v) is 6.23. The maximum atomic E-state index is 5.58. The Labute approximate surface area is 136 Å². The minimum Gasteiger partial charge on any atom is -0.466 e. The van der Waals surface area contributed by atoms with Crippen molar-refractivity contribution in [1.82, 2.24) is 15.2 Å². The van der Waals surface area contributed by atoms with Gasteiger partial charge >= 0.3 is 0 Å². The lowest BCUT2D eigenvalue weighted by Crippen LogP contribution is -2.25. The molecule has 3 rings (SSSR count). The lowest BCUT2D eigenvalue weighted by Gasteiger charge is -2.24. The van der Waals surface area contributed by atoms with Gasteiger partial charge in [-0.1, -0.05) is 0 Å². The highest BCUT2D eigenvalue weighted by Crippen LogP contribution is 2.25. The summed E-state index contributed by atoms with van der Waals surface area (Å²) in [4.78, 5) is 6.73. The molecule has 0 radical (unpaired) electrons. The van der Waals surface area contributed by atoms with Gasteiger partial charge in [-0.3, -0.25) is 0 Å². The molecule has 1 saturated heterocycles. The molecule has 0 amide bonds. The molecule has 3 heterocycles. The van der Waals surface area contributed by atoms with Crippen molar-refractivity contribution < 1.29 is 9.15 Å². The molecule has 2 aromatic rings. The Hall–Kier alpha value is -1.95. The quantitative estimate of drug-likeness (QED) is 0.845. The fraction of sp³-hybridized carbons (Fsp3) is 0.588. The molecule has 0 spiro atoms. The highest BCUT2D eigenvalue weighted by Gasteiger charge is 2.16. The zero-order chi connectivity index (χ0) is 16.2. The van der Waals surface area contributed by atoms with Gasteiger partial charge in [0.15, 0.2) is 0 Å². The molecule has 0 atom stereocenters. The lowest BCUT2D eigenvalue weighted by molar-refractivity contribution is 0.0645. The molecule has 1 aliphatic heterocycles. The summed E-state index contributed by atoms with van der Waals surface area (Å²) in [7, 11) is 2.02. The number of rotatable bonds is 5. The average Bonchev–Trinajstić information content (AvgIpc) is 2.92. The van der Waals surface area contributed by atoms with Gasteiger partial charge in [-0.2, -0.15) is 5.10 Å². The number of hydrogen-bond acceptors (Lipinski definition) is 6. The molecule has 0 unspecified atom stereocenters. The van der Waals surface area contributed by atoms with E-state index in [2.05, 4.69) is 20.1 Å². The normalized spacial score (nSPS) is 15.8. The third-order valence-electron chi connectivity index (χ3n) is 4.42. The number of furan rings is 1. The van der Waals surface area contributed by atoms with Crippen LogP contribution in [0.15, 0.2) is 16.7 Å². The number of nitrogens with zero attached hydrogens (tertiary/aromatic N) is 4. The van der Waals surface area contributed by atoms with Gasteiger partial charge in [0, 0.05) is 32.4 Å². The monoisotopic (exact) mass is 316 g/mol. The van der Waals surface area contributed by atoms with Gasteiger partial charge in [0.2, 0.25) is 5.95 Å². The summed E-state index contributed by atoms with van der Waals surface area (Å²) in [5, 5.41) is 8.29. The Balaban J connectivity index is 1.67. The van der Waals surface area contributed by atoms with Crippen molar-refractivity contribution in [2.45, 2.75) is 33.1 Å².